The monoisotopic (exact) mass is 313 g/mol. The number of hydrogen-bond donors (Lipinski definition) is 1. The summed E-state index contributed by atoms with van der Waals surface area (Å²) in [6.07, 6.45) is 4.97. The number of aryl methyl sites for hydroxylation is 1. The highest BCUT2D eigenvalue weighted by atomic mass is 19.1. The van der Waals surface area contributed by atoms with Crippen molar-refractivity contribution < 1.29 is 9.13 Å². The Morgan fingerprint density at radius 1 is 1.22 bits per heavy atom. The van der Waals surface area contributed by atoms with Crippen LogP contribution in [0.15, 0.2) is 42.9 Å². The molecule has 0 radical (unpaired) electrons. The molecule has 0 aliphatic rings. The first-order chi connectivity index (χ1) is 11.2. The second kappa shape index (κ2) is 6.43. The average molecular weight is 313 g/mol. The summed E-state index contributed by atoms with van der Waals surface area (Å²) < 4.78 is 21.1. The van der Waals surface area contributed by atoms with Gasteiger partial charge in [0.25, 0.3) is 0 Å². The molecule has 6 nitrogen and oxygen atoms in total. The van der Waals surface area contributed by atoms with Crippen molar-refractivity contribution in [1.29, 1.82) is 0 Å². The molecule has 7 heteroatoms. The van der Waals surface area contributed by atoms with Gasteiger partial charge in [-0.25, -0.2) is 14.4 Å². The molecule has 1 N–H and O–H groups in total. The summed E-state index contributed by atoms with van der Waals surface area (Å²) in [5.74, 6) is 1.33. The van der Waals surface area contributed by atoms with Crippen molar-refractivity contribution in [1.82, 2.24) is 19.5 Å². The van der Waals surface area contributed by atoms with Gasteiger partial charge >= 0.3 is 0 Å². The van der Waals surface area contributed by atoms with Gasteiger partial charge in [0.1, 0.15) is 11.6 Å². The minimum Gasteiger partial charge on any atom is -0.481 e. The van der Waals surface area contributed by atoms with E-state index in [1.807, 2.05) is 13.0 Å². The van der Waals surface area contributed by atoms with Gasteiger partial charge in [-0.3, -0.25) is 0 Å². The maximum Gasteiger partial charge on any atom is 0.226 e. The quantitative estimate of drug-likeness (QED) is 0.784. The second-order valence-electron chi connectivity index (χ2n) is 4.91. The lowest BCUT2D eigenvalue weighted by molar-refractivity contribution is 0.397. The predicted octanol–water partition coefficient (Wildman–Crippen LogP) is 2.73. The van der Waals surface area contributed by atoms with E-state index in [4.69, 9.17) is 4.74 Å². The molecule has 118 valence electrons. The lowest BCUT2D eigenvalue weighted by Crippen LogP contribution is -2.05. The molecule has 3 rings (SSSR count). The summed E-state index contributed by atoms with van der Waals surface area (Å²) in [5.41, 5.74) is 1.26. The molecule has 0 spiro atoms. The fourth-order valence-electron chi connectivity index (χ4n) is 2.21. The standard InChI is InChI=1S/C16H16FN5O/c1-11-18-7-8-22(11)14-4-3-12(9-13(14)17)10-20-16-19-6-5-15(21-16)23-2/h3-9H,10H2,1-2H3,(H,19,20,21). The molecular formula is C16H16FN5O. The third-order valence-electron chi connectivity index (χ3n) is 3.39. The van der Waals surface area contributed by atoms with Crippen LogP contribution in [0.1, 0.15) is 11.4 Å². The third-order valence-corrected chi connectivity index (χ3v) is 3.39. The highest BCUT2D eigenvalue weighted by Crippen LogP contribution is 2.17. The van der Waals surface area contributed by atoms with Crippen LogP contribution in [0.5, 0.6) is 5.88 Å². The number of nitrogens with one attached hydrogen (secondary N) is 1. The van der Waals surface area contributed by atoms with Crippen molar-refractivity contribution in [2.45, 2.75) is 13.5 Å². The molecule has 23 heavy (non-hydrogen) atoms. The molecule has 0 atom stereocenters. The van der Waals surface area contributed by atoms with Crippen molar-refractivity contribution in [3.63, 3.8) is 0 Å². The normalized spacial score (nSPS) is 10.6. The van der Waals surface area contributed by atoms with E-state index >= 15 is 0 Å². The van der Waals surface area contributed by atoms with Gasteiger partial charge in [0, 0.05) is 31.2 Å². The summed E-state index contributed by atoms with van der Waals surface area (Å²) in [5, 5.41) is 3.04. The van der Waals surface area contributed by atoms with E-state index in [1.54, 1.807) is 35.3 Å². The van der Waals surface area contributed by atoms with Crippen LogP contribution < -0.4 is 10.1 Å². The summed E-state index contributed by atoms with van der Waals surface area (Å²) in [6.45, 7) is 2.24. The first kappa shape index (κ1) is 15.0. The Labute approximate surface area is 133 Å². The number of anilines is 1. The van der Waals surface area contributed by atoms with Crippen LogP contribution in [0, 0.1) is 12.7 Å². The lowest BCUT2D eigenvalue weighted by Gasteiger charge is -2.10. The van der Waals surface area contributed by atoms with Crippen LogP contribution in [0.25, 0.3) is 5.69 Å². The molecule has 0 amide bonds. The van der Waals surface area contributed by atoms with Crippen molar-refractivity contribution in [3.05, 3.63) is 60.1 Å². The highest BCUT2D eigenvalue weighted by molar-refractivity contribution is 5.39. The number of halogens is 1. The third kappa shape index (κ3) is 3.28. The molecule has 0 aliphatic heterocycles. The first-order valence-corrected chi connectivity index (χ1v) is 7.07. The van der Waals surface area contributed by atoms with Gasteiger partial charge < -0.3 is 14.6 Å². The lowest BCUT2D eigenvalue weighted by atomic mass is 10.2. The molecule has 3 aromatic rings. The molecule has 1 aromatic carbocycles. The molecule has 0 saturated heterocycles. The number of methoxy groups -OCH3 is 1. The van der Waals surface area contributed by atoms with Crippen molar-refractivity contribution in [2.75, 3.05) is 12.4 Å². The number of aromatic nitrogens is 4. The molecular weight excluding hydrogens is 297 g/mol. The maximum atomic E-state index is 14.3. The molecule has 2 heterocycles. The Bertz CT molecular complexity index is 818. The second-order valence-corrected chi connectivity index (χ2v) is 4.91. The number of benzene rings is 1. The SMILES string of the molecule is COc1ccnc(NCc2ccc(-n3ccnc3C)c(F)c2)n1. The maximum absolute atomic E-state index is 14.3. The fourth-order valence-corrected chi connectivity index (χ4v) is 2.21. The van der Waals surface area contributed by atoms with Gasteiger partial charge in [-0.2, -0.15) is 4.98 Å². The van der Waals surface area contributed by atoms with E-state index in [0.29, 0.717) is 24.1 Å². The van der Waals surface area contributed by atoms with Crippen LogP contribution in [0.4, 0.5) is 10.3 Å². The van der Waals surface area contributed by atoms with Gasteiger partial charge in [-0.15, -0.1) is 0 Å². The highest BCUT2D eigenvalue weighted by Gasteiger charge is 2.08. The molecule has 2 aromatic heterocycles. The number of imidazole rings is 1. The molecule has 0 bridgehead atoms. The zero-order valence-corrected chi connectivity index (χ0v) is 12.8. The summed E-state index contributed by atoms with van der Waals surface area (Å²) >= 11 is 0. The van der Waals surface area contributed by atoms with Crippen LogP contribution in [0.2, 0.25) is 0 Å². The van der Waals surface area contributed by atoms with Crippen LogP contribution in [0.3, 0.4) is 0 Å². The number of ether oxygens (including phenoxy) is 1. The van der Waals surface area contributed by atoms with E-state index in [0.717, 1.165) is 11.4 Å². The minimum absolute atomic E-state index is 0.308. The Balaban J connectivity index is 1.74. The molecule has 0 unspecified atom stereocenters. The number of hydrogen-bond acceptors (Lipinski definition) is 5. The minimum atomic E-state index is -0.308. The molecule has 0 aliphatic carbocycles. The predicted molar refractivity (Wildman–Crippen MR) is 84.2 cm³/mol. The smallest absolute Gasteiger partial charge is 0.226 e. The van der Waals surface area contributed by atoms with E-state index in [2.05, 4.69) is 20.3 Å². The van der Waals surface area contributed by atoms with Crippen molar-refractivity contribution in [3.8, 4) is 11.6 Å². The van der Waals surface area contributed by atoms with Gasteiger partial charge in [0.05, 0.1) is 12.8 Å². The van der Waals surface area contributed by atoms with Crippen molar-refractivity contribution in [2.24, 2.45) is 0 Å². The average Bonchev–Trinajstić information content (AvgIpc) is 2.99. The Hall–Kier alpha value is -2.96. The van der Waals surface area contributed by atoms with Crippen LogP contribution >= 0.6 is 0 Å². The van der Waals surface area contributed by atoms with Gasteiger partial charge in [-0.1, -0.05) is 6.07 Å². The summed E-state index contributed by atoms with van der Waals surface area (Å²) in [4.78, 5) is 12.3. The fraction of sp³-hybridized carbons (Fsp3) is 0.188. The van der Waals surface area contributed by atoms with E-state index < -0.39 is 0 Å². The Morgan fingerprint density at radius 3 is 2.78 bits per heavy atom. The van der Waals surface area contributed by atoms with E-state index in [9.17, 15) is 4.39 Å². The first-order valence-electron chi connectivity index (χ1n) is 7.07. The summed E-state index contributed by atoms with van der Waals surface area (Å²) in [6, 6.07) is 6.73. The van der Waals surface area contributed by atoms with E-state index in [-0.39, 0.29) is 5.82 Å². The van der Waals surface area contributed by atoms with Crippen LogP contribution in [-0.2, 0) is 6.54 Å². The Morgan fingerprint density at radius 2 is 2.09 bits per heavy atom. The van der Waals surface area contributed by atoms with Gasteiger partial charge in [-0.05, 0) is 24.6 Å². The van der Waals surface area contributed by atoms with Crippen LogP contribution in [-0.4, -0.2) is 26.6 Å². The van der Waals surface area contributed by atoms with E-state index in [1.165, 1.54) is 13.2 Å². The Kier molecular flexibility index (Phi) is 4.18. The van der Waals surface area contributed by atoms with Crippen molar-refractivity contribution >= 4 is 5.95 Å². The zero-order chi connectivity index (χ0) is 16.2. The van der Waals surface area contributed by atoms with Gasteiger partial charge in [0.2, 0.25) is 11.8 Å². The zero-order valence-electron chi connectivity index (χ0n) is 12.8. The molecule has 0 saturated carbocycles. The topological polar surface area (TPSA) is 64.9 Å². The largest absolute Gasteiger partial charge is 0.481 e. The summed E-state index contributed by atoms with van der Waals surface area (Å²) in [7, 11) is 1.54. The number of rotatable bonds is 5. The van der Waals surface area contributed by atoms with Gasteiger partial charge in [0.15, 0.2) is 0 Å². The molecule has 0 fully saturated rings. The number of nitrogens with zero attached hydrogens (tertiary/aromatic N) is 4.